The Hall–Kier alpha value is -1.75. The van der Waals surface area contributed by atoms with Crippen LogP contribution in [0.1, 0.15) is 26.3 Å². The molecule has 5 nitrogen and oxygen atoms in total. The minimum absolute atomic E-state index is 0.0735. The van der Waals surface area contributed by atoms with Gasteiger partial charge >= 0.3 is 6.03 Å². The molecule has 0 saturated heterocycles. The van der Waals surface area contributed by atoms with Gasteiger partial charge in [0.15, 0.2) is 0 Å². The Kier molecular flexibility index (Phi) is 5.82. The number of carbonyl (C=O) groups excluding carboxylic acids is 1. The molecule has 0 saturated carbocycles. The zero-order valence-corrected chi connectivity index (χ0v) is 12.6. The summed E-state index contributed by atoms with van der Waals surface area (Å²) in [5, 5.41) is 15.4. The van der Waals surface area contributed by atoms with E-state index >= 15 is 0 Å². The first-order valence-electron chi connectivity index (χ1n) is 6.72. The fraction of sp³-hybridized carbons (Fsp3) is 0.533. The number of benzene rings is 1. The summed E-state index contributed by atoms with van der Waals surface area (Å²) < 4.78 is 5.07. The maximum Gasteiger partial charge on any atom is 0.315 e. The predicted molar refractivity (Wildman–Crippen MR) is 78.7 cm³/mol. The van der Waals surface area contributed by atoms with Gasteiger partial charge in [0.2, 0.25) is 0 Å². The second-order valence-electron chi connectivity index (χ2n) is 5.40. The van der Waals surface area contributed by atoms with Gasteiger partial charge in [0.05, 0.1) is 12.7 Å². The topological polar surface area (TPSA) is 70.6 Å². The molecule has 1 atom stereocenters. The van der Waals surface area contributed by atoms with Gasteiger partial charge in [0.25, 0.3) is 0 Å². The van der Waals surface area contributed by atoms with E-state index in [1.807, 2.05) is 38.1 Å². The third-order valence-electron chi connectivity index (χ3n) is 3.46. The summed E-state index contributed by atoms with van der Waals surface area (Å²) >= 11 is 0. The van der Waals surface area contributed by atoms with Crippen LogP contribution in [0.3, 0.4) is 0 Å². The molecule has 0 aliphatic heterocycles. The zero-order valence-electron chi connectivity index (χ0n) is 12.6. The number of methoxy groups -OCH3 is 1. The third kappa shape index (κ3) is 5.09. The van der Waals surface area contributed by atoms with E-state index < -0.39 is 5.60 Å². The fourth-order valence-electron chi connectivity index (χ4n) is 1.45. The summed E-state index contributed by atoms with van der Waals surface area (Å²) in [6.07, 6.45) is 0. The number of hydrogen-bond donors (Lipinski definition) is 3. The van der Waals surface area contributed by atoms with Crippen LogP contribution in [-0.4, -0.2) is 30.4 Å². The molecule has 0 radical (unpaired) electrons. The van der Waals surface area contributed by atoms with Gasteiger partial charge in [-0.2, -0.15) is 0 Å². The Bertz CT molecular complexity index is 427. The Morgan fingerprint density at radius 2 is 1.90 bits per heavy atom. The fourth-order valence-corrected chi connectivity index (χ4v) is 1.45. The van der Waals surface area contributed by atoms with E-state index in [-0.39, 0.29) is 18.5 Å². The van der Waals surface area contributed by atoms with Gasteiger partial charge in [-0.25, -0.2) is 4.79 Å². The highest BCUT2D eigenvalue weighted by Gasteiger charge is 2.25. The molecule has 3 N–H and O–H groups in total. The first-order valence-corrected chi connectivity index (χ1v) is 6.72. The average molecular weight is 280 g/mol. The molecule has 1 aromatic rings. The van der Waals surface area contributed by atoms with Gasteiger partial charge in [-0.3, -0.25) is 0 Å². The Morgan fingerprint density at radius 3 is 2.40 bits per heavy atom. The summed E-state index contributed by atoms with van der Waals surface area (Å²) in [5.41, 5.74) is 0.0776. The normalized spacial score (nSPS) is 13.7. The molecule has 2 amide bonds. The van der Waals surface area contributed by atoms with Gasteiger partial charge in [-0.15, -0.1) is 0 Å². The molecule has 20 heavy (non-hydrogen) atoms. The SMILES string of the molecule is COc1ccc(CNC(=O)NCC(C)(O)C(C)C)cc1. The summed E-state index contributed by atoms with van der Waals surface area (Å²) in [6, 6.07) is 7.19. The molecule has 0 bridgehead atoms. The van der Waals surface area contributed by atoms with Crippen molar-refractivity contribution < 1.29 is 14.6 Å². The number of rotatable bonds is 6. The summed E-state index contributed by atoms with van der Waals surface area (Å²) in [5.74, 6) is 0.857. The minimum atomic E-state index is -0.905. The van der Waals surface area contributed by atoms with Crippen LogP contribution in [0.2, 0.25) is 0 Å². The maximum atomic E-state index is 11.7. The molecule has 0 fully saturated rings. The van der Waals surface area contributed by atoms with Crippen molar-refractivity contribution >= 4 is 6.03 Å². The Balaban J connectivity index is 2.36. The molecule has 5 heteroatoms. The predicted octanol–water partition coefficient (Wildman–Crippen LogP) is 1.90. The Morgan fingerprint density at radius 1 is 1.30 bits per heavy atom. The van der Waals surface area contributed by atoms with E-state index in [4.69, 9.17) is 4.74 Å². The van der Waals surface area contributed by atoms with Gasteiger partial charge in [0.1, 0.15) is 5.75 Å². The van der Waals surface area contributed by atoms with Gasteiger partial charge in [0, 0.05) is 13.1 Å². The van der Waals surface area contributed by atoms with Crippen LogP contribution >= 0.6 is 0 Å². The van der Waals surface area contributed by atoms with Crippen molar-refractivity contribution in [2.24, 2.45) is 5.92 Å². The van der Waals surface area contributed by atoms with Gasteiger partial charge < -0.3 is 20.5 Å². The van der Waals surface area contributed by atoms with E-state index in [2.05, 4.69) is 10.6 Å². The van der Waals surface area contributed by atoms with Crippen molar-refractivity contribution in [3.63, 3.8) is 0 Å². The van der Waals surface area contributed by atoms with Crippen LogP contribution in [0.4, 0.5) is 4.79 Å². The second kappa shape index (κ2) is 7.14. The number of aliphatic hydroxyl groups is 1. The number of ether oxygens (including phenoxy) is 1. The standard InChI is InChI=1S/C15H24N2O3/c1-11(2)15(3,19)10-17-14(18)16-9-12-5-7-13(20-4)8-6-12/h5-8,11,19H,9-10H2,1-4H3,(H2,16,17,18). The number of amides is 2. The van der Waals surface area contributed by atoms with Crippen molar-refractivity contribution in [1.29, 1.82) is 0 Å². The molecule has 0 heterocycles. The van der Waals surface area contributed by atoms with Crippen molar-refractivity contribution in [2.75, 3.05) is 13.7 Å². The lowest BCUT2D eigenvalue weighted by atomic mass is 9.93. The maximum absolute atomic E-state index is 11.7. The zero-order chi connectivity index (χ0) is 15.2. The highest BCUT2D eigenvalue weighted by Crippen LogP contribution is 2.14. The molecule has 0 aliphatic rings. The quantitative estimate of drug-likeness (QED) is 0.745. The number of urea groups is 1. The Labute approximate surface area is 120 Å². The van der Waals surface area contributed by atoms with E-state index in [0.29, 0.717) is 6.54 Å². The number of carbonyl (C=O) groups is 1. The molecule has 0 spiro atoms. The lowest BCUT2D eigenvalue weighted by molar-refractivity contribution is 0.0166. The highest BCUT2D eigenvalue weighted by molar-refractivity contribution is 5.73. The van der Waals surface area contributed by atoms with Crippen molar-refractivity contribution in [3.05, 3.63) is 29.8 Å². The highest BCUT2D eigenvalue weighted by atomic mass is 16.5. The first-order chi connectivity index (χ1) is 9.35. The summed E-state index contributed by atoms with van der Waals surface area (Å²) in [6.45, 7) is 6.19. The van der Waals surface area contributed by atoms with Crippen molar-refractivity contribution in [1.82, 2.24) is 10.6 Å². The summed E-state index contributed by atoms with van der Waals surface area (Å²) in [7, 11) is 1.61. The molecule has 1 unspecified atom stereocenters. The van der Waals surface area contributed by atoms with E-state index in [1.165, 1.54) is 0 Å². The largest absolute Gasteiger partial charge is 0.497 e. The second-order valence-corrected chi connectivity index (χ2v) is 5.40. The monoisotopic (exact) mass is 280 g/mol. The molecule has 1 aromatic carbocycles. The first kappa shape index (κ1) is 16.3. The number of nitrogens with one attached hydrogen (secondary N) is 2. The van der Waals surface area contributed by atoms with E-state index in [9.17, 15) is 9.90 Å². The smallest absolute Gasteiger partial charge is 0.315 e. The van der Waals surface area contributed by atoms with Crippen LogP contribution in [0, 0.1) is 5.92 Å². The van der Waals surface area contributed by atoms with Crippen LogP contribution in [0.25, 0.3) is 0 Å². The number of hydrogen-bond acceptors (Lipinski definition) is 3. The van der Waals surface area contributed by atoms with Crippen LogP contribution < -0.4 is 15.4 Å². The lowest BCUT2D eigenvalue weighted by Crippen LogP contribution is -2.47. The third-order valence-corrected chi connectivity index (χ3v) is 3.46. The molecule has 0 aromatic heterocycles. The van der Waals surface area contributed by atoms with E-state index in [1.54, 1.807) is 14.0 Å². The van der Waals surface area contributed by atoms with Crippen LogP contribution in [-0.2, 0) is 6.54 Å². The van der Waals surface area contributed by atoms with Gasteiger partial charge in [-0.1, -0.05) is 26.0 Å². The molecule has 1 rings (SSSR count). The van der Waals surface area contributed by atoms with Gasteiger partial charge in [-0.05, 0) is 30.5 Å². The molecule has 0 aliphatic carbocycles. The van der Waals surface area contributed by atoms with Crippen LogP contribution in [0.15, 0.2) is 24.3 Å². The molecule has 112 valence electrons. The molecular weight excluding hydrogens is 256 g/mol. The van der Waals surface area contributed by atoms with Crippen molar-refractivity contribution in [2.45, 2.75) is 32.9 Å². The van der Waals surface area contributed by atoms with E-state index in [0.717, 1.165) is 11.3 Å². The lowest BCUT2D eigenvalue weighted by Gasteiger charge is -2.27. The van der Waals surface area contributed by atoms with Crippen molar-refractivity contribution in [3.8, 4) is 5.75 Å². The van der Waals surface area contributed by atoms with Crippen LogP contribution in [0.5, 0.6) is 5.75 Å². The molecular formula is C15H24N2O3. The minimum Gasteiger partial charge on any atom is -0.497 e. The summed E-state index contributed by atoms with van der Waals surface area (Å²) in [4.78, 5) is 11.7. The average Bonchev–Trinajstić information content (AvgIpc) is 2.43.